The minimum atomic E-state index is -0.865. The van der Waals surface area contributed by atoms with Crippen LogP contribution in [0.5, 0.6) is 0 Å². The zero-order valence-electron chi connectivity index (χ0n) is 9.50. The number of halogens is 2. The van der Waals surface area contributed by atoms with Crippen molar-refractivity contribution in [2.45, 2.75) is 20.0 Å². The van der Waals surface area contributed by atoms with Crippen molar-refractivity contribution in [3.05, 3.63) is 56.0 Å². The van der Waals surface area contributed by atoms with Crippen molar-refractivity contribution in [1.29, 1.82) is 0 Å². The van der Waals surface area contributed by atoms with Gasteiger partial charge < -0.3 is 5.11 Å². The predicted octanol–water partition coefficient (Wildman–Crippen LogP) is 4.24. The molecule has 1 unspecified atom stereocenters. The number of aliphatic hydroxyl groups excluding tert-OH is 1. The Balaban J connectivity index is 2.40. The van der Waals surface area contributed by atoms with Gasteiger partial charge in [-0.05, 0) is 42.0 Å². The molecule has 0 fully saturated rings. The molecule has 2 rings (SSSR count). The largest absolute Gasteiger partial charge is 0.383 e. The van der Waals surface area contributed by atoms with E-state index in [4.69, 9.17) is 11.6 Å². The second kappa shape index (κ2) is 4.77. The predicted molar refractivity (Wildman–Crippen MR) is 69.3 cm³/mol. The Kier molecular flexibility index (Phi) is 3.52. The summed E-state index contributed by atoms with van der Waals surface area (Å²) >= 11 is 7.47. The SMILES string of the molecule is Cc1ccc(C(O)c2scc(C)c2Cl)cc1F. The molecule has 17 heavy (non-hydrogen) atoms. The van der Waals surface area contributed by atoms with E-state index < -0.39 is 6.10 Å². The zero-order valence-corrected chi connectivity index (χ0v) is 11.1. The number of benzene rings is 1. The van der Waals surface area contributed by atoms with Crippen molar-refractivity contribution in [2.75, 3.05) is 0 Å². The van der Waals surface area contributed by atoms with E-state index in [1.54, 1.807) is 19.1 Å². The molecule has 0 bridgehead atoms. The maximum Gasteiger partial charge on any atom is 0.126 e. The van der Waals surface area contributed by atoms with Gasteiger partial charge in [0.05, 0.1) is 9.90 Å². The molecule has 0 aliphatic rings. The van der Waals surface area contributed by atoms with E-state index in [1.807, 2.05) is 12.3 Å². The lowest BCUT2D eigenvalue weighted by atomic mass is 10.1. The molecular formula is C13H12ClFOS. The van der Waals surface area contributed by atoms with Gasteiger partial charge >= 0.3 is 0 Å². The molecule has 0 radical (unpaired) electrons. The Morgan fingerprint density at radius 3 is 2.53 bits per heavy atom. The van der Waals surface area contributed by atoms with Gasteiger partial charge in [-0.3, -0.25) is 0 Å². The van der Waals surface area contributed by atoms with E-state index in [-0.39, 0.29) is 5.82 Å². The van der Waals surface area contributed by atoms with E-state index in [0.29, 0.717) is 21.0 Å². The quantitative estimate of drug-likeness (QED) is 0.865. The molecule has 1 nitrogen and oxygen atoms in total. The molecule has 0 saturated carbocycles. The first-order valence-electron chi connectivity index (χ1n) is 5.18. The third-order valence-corrected chi connectivity index (χ3v) is 4.45. The molecule has 0 aliphatic heterocycles. The molecule has 0 amide bonds. The van der Waals surface area contributed by atoms with Gasteiger partial charge in [0.15, 0.2) is 0 Å². The Morgan fingerprint density at radius 1 is 1.29 bits per heavy atom. The van der Waals surface area contributed by atoms with Gasteiger partial charge in [0.1, 0.15) is 11.9 Å². The third-order valence-electron chi connectivity index (χ3n) is 2.69. The van der Waals surface area contributed by atoms with Crippen LogP contribution >= 0.6 is 22.9 Å². The van der Waals surface area contributed by atoms with Gasteiger partial charge in [-0.25, -0.2) is 4.39 Å². The fourth-order valence-corrected chi connectivity index (χ4v) is 2.87. The number of aliphatic hydroxyl groups is 1. The van der Waals surface area contributed by atoms with Crippen LogP contribution in [0.15, 0.2) is 23.6 Å². The van der Waals surface area contributed by atoms with Gasteiger partial charge in [-0.2, -0.15) is 0 Å². The number of hydrogen-bond donors (Lipinski definition) is 1. The fourth-order valence-electron chi connectivity index (χ4n) is 1.56. The highest BCUT2D eigenvalue weighted by atomic mass is 35.5. The van der Waals surface area contributed by atoms with E-state index in [1.165, 1.54) is 17.4 Å². The summed E-state index contributed by atoms with van der Waals surface area (Å²) in [5.74, 6) is -0.314. The van der Waals surface area contributed by atoms with Crippen LogP contribution in [0.3, 0.4) is 0 Å². The van der Waals surface area contributed by atoms with Crippen LogP contribution in [0.2, 0.25) is 5.02 Å². The highest BCUT2D eigenvalue weighted by molar-refractivity contribution is 7.10. The smallest absolute Gasteiger partial charge is 0.126 e. The van der Waals surface area contributed by atoms with Crippen LogP contribution in [0.25, 0.3) is 0 Å². The molecule has 2 aromatic rings. The fraction of sp³-hybridized carbons (Fsp3) is 0.231. The monoisotopic (exact) mass is 270 g/mol. The Labute approximate surface area is 108 Å². The molecule has 0 saturated heterocycles. The number of rotatable bonds is 2. The highest BCUT2D eigenvalue weighted by Crippen LogP contribution is 2.35. The summed E-state index contributed by atoms with van der Waals surface area (Å²) in [6.07, 6.45) is -0.865. The van der Waals surface area contributed by atoms with E-state index >= 15 is 0 Å². The molecule has 4 heteroatoms. The Morgan fingerprint density at radius 2 is 2.00 bits per heavy atom. The van der Waals surface area contributed by atoms with Crippen molar-refractivity contribution >= 4 is 22.9 Å². The second-order valence-corrected chi connectivity index (χ2v) is 5.30. The van der Waals surface area contributed by atoms with Gasteiger partial charge in [-0.1, -0.05) is 23.7 Å². The zero-order chi connectivity index (χ0) is 12.6. The number of thiophene rings is 1. The lowest BCUT2D eigenvalue weighted by Gasteiger charge is -2.10. The van der Waals surface area contributed by atoms with E-state index in [2.05, 4.69) is 0 Å². The average molecular weight is 271 g/mol. The standard InChI is InChI=1S/C13H12ClFOS/c1-7-3-4-9(5-10(7)15)12(16)13-11(14)8(2)6-17-13/h3-6,12,16H,1-2H3. The first kappa shape index (κ1) is 12.6. The summed E-state index contributed by atoms with van der Waals surface area (Å²) < 4.78 is 13.4. The van der Waals surface area contributed by atoms with Crippen LogP contribution in [-0.2, 0) is 0 Å². The summed E-state index contributed by atoms with van der Waals surface area (Å²) in [7, 11) is 0. The third kappa shape index (κ3) is 2.37. The highest BCUT2D eigenvalue weighted by Gasteiger charge is 2.18. The molecule has 0 aliphatic carbocycles. The van der Waals surface area contributed by atoms with Crippen molar-refractivity contribution in [3.8, 4) is 0 Å². The van der Waals surface area contributed by atoms with Crippen molar-refractivity contribution in [3.63, 3.8) is 0 Å². The van der Waals surface area contributed by atoms with Gasteiger partial charge in [-0.15, -0.1) is 11.3 Å². The second-order valence-electron chi connectivity index (χ2n) is 4.01. The number of aryl methyl sites for hydroxylation is 2. The van der Waals surface area contributed by atoms with Crippen molar-refractivity contribution in [1.82, 2.24) is 0 Å². The van der Waals surface area contributed by atoms with Crippen molar-refractivity contribution < 1.29 is 9.50 Å². The molecule has 0 spiro atoms. The van der Waals surface area contributed by atoms with Gasteiger partial charge in [0, 0.05) is 0 Å². The Bertz CT molecular complexity index is 550. The van der Waals surface area contributed by atoms with Crippen LogP contribution in [0, 0.1) is 19.7 Å². The topological polar surface area (TPSA) is 20.2 Å². The average Bonchev–Trinajstić information content (AvgIpc) is 2.63. The molecule has 90 valence electrons. The summed E-state index contributed by atoms with van der Waals surface area (Å²) in [5.41, 5.74) is 2.02. The maximum atomic E-state index is 13.4. The summed E-state index contributed by atoms with van der Waals surface area (Å²) in [4.78, 5) is 0.660. The summed E-state index contributed by atoms with van der Waals surface area (Å²) in [5, 5.41) is 12.6. The molecule has 1 heterocycles. The summed E-state index contributed by atoms with van der Waals surface area (Å²) in [6.45, 7) is 3.57. The molecule has 1 atom stereocenters. The minimum absolute atomic E-state index is 0.314. The maximum absolute atomic E-state index is 13.4. The van der Waals surface area contributed by atoms with Crippen LogP contribution in [-0.4, -0.2) is 5.11 Å². The molecule has 1 aromatic carbocycles. The van der Waals surface area contributed by atoms with E-state index in [9.17, 15) is 9.50 Å². The lowest BCUT2D eigenvalue weighted by Crippen LogP contribution is -1.99. The Hall–Kier alpha value is -0.900. The van der Waals surface area contributed by atoms with Crippen molar-refractivity contribution in [2.24, 2.45) is 0 Å². The summed E-state index contributed by atoms with van der Waals surface area (Å²) in [6, 6.07) is 4.72. The molecular weight excluding hydrogens is 259 g/mol. The van der Waals surface area contributed by atoms with E-state index in [0.717, 1.165) is 5.56 Å². The van der Waals surface area contributed by atoms with Gasteiger partial charge in [0.25, 0.3) is 0 Å². The lowest BCUT2D eigenvalue weighted by molar-refractivity contribution is 0.223. The minimum Gasteiger partial charge on any atom is -0.383 e. The first-order valence-corrected chi connectivity index (χ1v) is 6.44. The first-order chi connectivity index (χ1) is 8.00. The molecule has 1 N–H and O–H groups in total. The normalized spacial score (nSPS) is 12.8. The van der Waals surface area contributed by atoms with Crippen LogP contribution in [0.1, 0.15) is 27.7 Å². The van der Waals surface area contributed by atoms with Crippen LogP contribution < -0.4 is 0 Å². The molecule has 1 aromatic heterocycles. The van der Waals surface area contributed by atoms with Crippen LogP contribution in [0.4, 0.5) is 4.39 Å². The number of hydrogen-bond acceptors (Lipinski definition) is 2. The van der Waals surface area contributed by atoms with Gasteiger partial charge in [0.2, 0.25) is 0 Å².